The molecule has 5 rings (SSSR count). The summed E-state index contributed by atoms with van der Waals surface area (Å²) in [5, 5.41) is 11.7. The molecule has 5 aliphatic heterocycles. The molecule has 2 bridgehead atoms. The van der Waals surface area contributed by atoms with Gasteiger partial charge in [-0.05, 0) is 46.1 Å². The number of rotatable bonds is 5. The minimum atomic E-state index is -4.84. The molecule has 5 saturated heterocycles. The summed E-state index contributed by atoms with van der Waals surface area (Å²) in [7, 11) is -8.40. The molecule has 5 atom stereocenters. The highest BCUT2D eigenvalue weighted by Crippen LogP contribution is 2.45. The third kappa shape index (κ3) is 5.70. The predicted octanol–water partition coefficient (Wildman–Crippen LogP) is -2.66. The molecule has 20 heteroatoms. The Morgan fingerprint density at radius 1 is 1.10 bits per heavy atom. The highest BCUT2D eigenvalue weighted by molar-refractivity contribution is 7.93. The highest BCUT2D eigenvalue weighted by atomic mass is 32.3. The van der Waals surface area contributed by atoms with Crippen molar-refractivity contribution in [3.05, 3.63) is 0 Å². The van der Waals surface area contributed by atoms with Crippen LogP contribution in [0.25, 0.3) is 0 Å². The van der Waals surface area contributed by atoms with Gasteiger partial charge in [0.1, 0.15) is 17.5 Å². The summed E-state index contributed by atoms with van der Waals surface area (Å²) in [4.78, 5) is 60.9. The van der Waals surface area contributed by atoms with Gasteiger partial charge in [-0.25, -0.2) is 18.0 Å². The number of amides is 5. The van der Waals surface area contributed by atoms with Crippen LogP contribution in [0.15, 0.2) is 0 Å². The summed E-state index contributed by atoms with van der Waals surface area (Å²) in [5.41, 5.74) is 4.70. The first-order valence-electron chi connectivity index (χ1n) is 12.8. The number of hydrogen-bond acceptors (Lipinski definition) is 11. The van der Waals surface area contributed by atoms with Gasteiger partial charge in [-0.15, -0.1) is 4.28 Å². The van der Waals surface area contributed by atoms with E-state index >= 15 is 0 Å². The van der Waals surface area contributed by atoms with E-state index in [0.29, 0.717) is 18.0 Å². The molecule has 0 saturated carbocycles. The zero-order valence-electron chi connectivity index (χ0n) is 22.2. The molecule has 5 amide bonds. The van der Waals surface area contributed by atoms with Crippen LogP contribution in [0.3, 0.4) is 0 Å². The Hall–Kier alpha value is -3.07. The lowest BCUT2D eigenvalue weighted by atomic mass is 9.98. The molecular formula is C21H32N6O12S2. The Balaban J connectivity index is 0.000000218. The van der Waals surface area contributed by atoms with Gasteiger partial charge in [-0.1, -0.05) is 0 Å². The van der Waals surface area contributed by atoms with Crippen LogP contribution in [0, 0.1) is 5.92 Å². The van der Waals surface area contributed by atoms with E-state index in [-0.39, 0.29) is 31.2 Å². The fraction of sp³-hybridized carbons (Fsp3) is 0.762. The van der Waals surface area contributed by atoms with Crippen molar-refractivity contribution in [1.82, 2.24) is 31.0 Å². The van der Waals surface area contributed by atoms with Gasteiger partial charge in [-0.2, -0.15) is 13.5 Å². The summed E-state index contributed by atoms with van der Waals surface area (Å²) in [5.74, 6) is -2.77. The van der Waals surface area contributed by atoms with Gasteiger partial charge in [0.05, 0.1) is 23.1 Å². The Kier molecular flexibility index (Phi) is 8.26. The summed E-state index contributed by atoms with van der Waals surface area (Å²) in [6.45, 7) is 4.20. The van der Waals surface area contributed by atoms with Crippen molar-refractivity contribution in [2.24, 2.45) is 5.92 Å². The molecular weight excluding hydrogens is 592 g/mol. The van der Waals surface area contributed by atoms with E-state index in [0.717, 1.165) is 29.2 Å². The number of carbonyl (C=O) groups excluding carboxylic acids is 4. The second-order valence-electron chi connectivity index (χ2n) is 10.9. The molecule has 230 valence electrons. The van der Waals surface area contributed by atoms with Gasteiger partial charge < -0.3 is 20.2 Å². The Bertz CT molecular complexity index is 1350. The molecule has 0 aliphatic carbocycles. The number of piperidine rings is 2. The molecule has 0 unspecified atom stereocenters. The van der Waals surface area contributed by atoms with Gasteiger partial charge in [0.15, 0.2) is 9.84 Å². The smallest absolute Gasteiger partial charge is 0.418 e. The first-order valence-corrected chi connectivity index (χ1v) is 15.7. The lowest BCUT2D eigenvalue weighted by Gasteiger charge is -2.35. The van der Waals surface area contributed by atoms with E-state index in [2.05, 4.69) is 20.5 Å². The molecule has 0 aromatic heterocycles. The number of urea groups is 1. The summed E-state index contributed by atoms with van der Waals surface area (Å²) in [6, 6.07) is -3.52. The topological polar surface area (TPSA) is 249 Å². The van der Waals surface area contributed by atoms with Crippen LogP contribution in [0.5, 0.6) is 0 Å². The number of aliphatic carboxylic acids is 1. The molecule has 5 heterocycles. The number of carboxylic acids is 1. The first kappa shape index (κ1) is 30.9. The van der Waals surface area contributed by atoms with Crippen molar-refractivity contribution < 1.29 is 54.8 Å². The number of nitrogens with one attached hydrogen (secondary N) is 3. The number of hydroxylamine groups is 2. The lowest BCUT2D eigenvalue weighted by Crippen LogP contribution is -2.57. The molecule has 0 aromatic rings. The standard InChI is InChI=1S/C13H21N5O7S.C8H11NO5S/c19-11(8-2-1-5-14-6-8)15-16-12(20)10-4-3-9-7-17(10)13(21)18(9)25-26(22,23)24;1-8(2)6(7(11)12)9-4(10)3-5(9)15(8,13)14/h8-10,14H,1-7H2,(H,15,19)(H,16,20)(H,22,23,24);5-6H,3H2,1-2H3,(H,11,12)/t8-,9-,10+;5-,6+/m11/s1. The van der Waals surface area contributed by atoms with Crippen molar-refractivity contribution in [3.63, 3.8) is 0 Å². The fourth-order valence-electron chi connectivity index (χ4n) is 5.72. The first-order chi connectivity index (χ1) is 19.0. The van der Waals surface area contributed by atoms with Gasteiger partial charge in [0.2, 0.25) is 11.8 Å². The maximum Gasteiger partial charge on any atom is 0.418 e. The fourth-order valence-corrected chi connectivity index (χ4v) is 8.23. The number of hydrogen-bond donors (Lipinski definition) is 5. The van der Waals surface area contributed by atoms with Crippen LogP contribution in [0.2, 0.25) is 0 Å². The molecule has 5 aliphatic rings. The van der Waals surface area contributed by atoms with Crippen LogP contribution >= 0.6 is 0 Å². The monoisotopic (exact) mass is 624 g/mol. The average Bonchev–Trinajstić information content (AvgIpc) is 3.19. The number of sulfone groups is 1. The van der Waals surface area contributed by atoms with Crippen molar-refractivity contribution >= 4 is 50.0 Å². The zero-order chi connectivity index (χ0) is 30.5. The lowest BCUT2D eigenvalue weighted by molar-refractivity contribution is -0.157. The van der Waals surface area contributed by atoms with Crippen molar-refractivity contribution in [2.45, 2.75) is 74.2 Å². The molecule has 41 heavy (non-hydrogen) atoms. The second kappa shape index (κ2) is 11.0. The van der Waals surface area contributed by atoms with Crippen molar-refractivity contribution in [1.29, 1.82) is 0 Å². The van der Waals surface area contributed by atoms with Crippen LogP contribution in [0.4, 0.5) is 4.79 Å². The number of nitrogens with zero attached hydrogens (tertiary/aromatic N) is 3. The van der Waals surface area contributed by atoms with Crippen LogP contribution < -0.4 is 16.2 Å². The SMILES string of the molecule is CC1(C)[C@H](C(=O)O)N2C(=O)C[C@H]2S1(=O)=O.O=C(NNC(=O)[C@@H]1CC[C@@H]2CN1C(=O)N2OS(=O)(=O)O)[C@@H]1CCCNC1. The van der Waals surface area contributed by atoms with E-state index in [1.165, 1.54) is 13.8 Å². The van der Waals surface area contributed by atoms with E-state index in [9.17, 15) is 40.8 Å². The van der Waals surface area contributed by atoms with E-state index in [1.807, 2.05) is 0 Å². The molecule has 18 nitrogen and oxygen atoms in total. The predicted molar refractivity (Wildman–Crippen MR) is 135 cm³/mol. The van der Waals surface area contributed by atoms with Gasteiger partial charge in [0.25, 0.3) is 5.91 Å². The maximum absolute atomic E-state index is 12.3. The van der Waals surface area contributed by atoms with Crippen LogP contribution in [-0.2, 0) is 43.7 Å². The Labute approximate surface area is 235 Å². The molecule has 5 N–H and O–H groups in total. The second-order valence-corrected chi connectivity index (χ2v) is 14.6. The van der Waals surface area contributed by atoms with E-state index in [1.54, 1.807) is 0 Å². The van der Waals surface area contributed by atoms with Crippen molar-refractivity contribution in [3.8, 4) is 0 Å². The largest absolute Gasteiger partial charge is 0.480 e. The third-order valence-corrected chi connectivity index (χ3v) is 11.1. The Morgan fingerprint density at radius 3 is 2.29 bits per heavy atom. The Morgan fingerprint density at radius 2 is 1.76 bits per heavy atom. The minimum Gasteiger partial charge on any atom is -0.480 e. The normalized spacial score (nSPS) is 31.4. The maximum atomic E-state index is 12.3. The summed E-state index contributed by atoms with van der Waals surface area (Å²) in [6.07, 6.45) is 2.11. The summed E-state index contributed by atoms with van der Waals surface area (Å²) >= 11 is 0. The van der Waals surface area contributed by atoms with Gasteiger partial charge >= 0.3 is 22.4 Å². The van der Waals surface area contributed by atoms with Gasteiger partial charge in [-0.3, -0.25) is 29.8 Å². The average molecular weight is 625 g/mol. The molecule has 5 fully saturated rings. The number of β-lactam (4-membered cyclic amide) rings is 1. The summed E-state index contributed by atoms with van der Waals surface area (Å²) < 4.78 is 57.1. The number of carboxylic acid groups (broad SMARTS) is 1. The highest BCUT2D eigenvalue weighted by Gasteiger charge is 2.67. The number of hydrazine groups is 1. The molecule has 0 aromatic carbocycles. The zero-order valence-corrected chi connectivity index (χ0v) is 23.8. The number of fused-ring (bicyclic) bond motifs is 3. The van der Waals surface area contributed by atoms with Gasteiger partial charge in [0, 0.05) is 13.1 Å². The molecule has 0 radical (unpaired) electrons. The van der Waals surface area contributed by atoms with Crippen LogP contribution in [0.1, 0.15) is 46.0 Å². The van der Waals surface area contributed by atoms with E-state index in [4.69, 9.17) is 9.66 Å². The van der Waals surface area contributed by atoms with Crippen LogP contribution in [-0.4, -0.2) is 119 Å². The van der Waals surface area contributed by atoms with Crippen molar-refractivity contribution in [2.75, 3.05) is 19.6 Å². The third-order valence-electron chi connectivity index (χ3n) is 7.99. The quantitative estimate of drug-likeness (QED) is 0.119. The minimum absolute atomic E-state index is 0.0878. The molecule has 0 spiro atoms. The number of carbonyl (C=O) groups is 5. The van der Waals surface area contributed by atoms with E-state index < -0.39 is 72.3 Å².